The number of para-hydroxylation sites is 6. The van der Waals surface area contributed by atoms with Crippen LogP contribution in [0.4, 0.5) is 0 Å². The summed E-state index contributed by atoms with van der Waals surface area (Å²) in [6.45, 7) is 0. The summed E-state index contributed by atoms with van der Waals surface area (Å²) < 4.78 is 7.28. The van der Waals surface area contributed by atoms with Crippen molar-refractivity contribution in [3.05, 3.63) is 394 Å². The standard InChI is InChI=1S/C94H65N5Si2/c1-7-31-72(32-8-1)100(73-33-9-2-10-34-73,74-35-11-3-12-36-74)78-61-68(62-79(64-78)101(75-37-13-4-14-38-75,76-39-15-5-16-40-76)77-41-17-6-18-42-77)94-95-86(66-55-57-69(58-56-66)97-88-49-25-19-43-80(88)81-44-20-26-50-89(81)97)65-87(96-94)67-59-70(98-90-51-27-21-45-82(90)83-46-22-28-52-91(83)98)63-71(60-67)99-92-53-29-23-47-84(92)85-48-24-30-54-93(85)99/h1-65H. The maximum absolute atomic E-state index is 6.10. The van der Waals surface area contributed by atoms with E-state index in [9.17, 15) is 0 Å². The molecule has 0 bridgehead atoms. The molecule has 15 aromatic carbocycles. The van der Waals surface area contributed by atoms with E-state index in [-0.39, 0.29) is 0 Å². The molecule has 0 aliphatic heterocycles. The number of hydrogen-bond acceptors (Lipinski definition) is 2. The molecule has 19 rings (SSSR count). The Morgan fingerprint density at radius 3 is 0.733 bits per heavy atom. The Kier molecular flexibility index (Phi) is 14.5. The second-order valence-corrected chi connectivity index (χ2v) is 34.0. The maximum atomic E-state index is 6.10. The summed E-state index contributed by atoms with van der Waals surface area (Å²) in [6, 6.07) is 147. The third-order valence-corrected chi connectivity index (χ3v) is 30.4. The van der Waals surface area contributed by atoms with Gasteiger partial charge in [0.05, 0.1) is 44.5 Å². The fraction of sp³-hybridized carbons (Fsp3) is 0. The molecule has 0 aliphatic rings. The molecule has 19 aromatic rings. The lowest BCUT2D eigenvalue weighted by Crippen LogP contribution is -2.78. The molecule has 0 unspecified atom stereocenters. The molecule has 0 spiro atoms. The van der Waals surface area contributed by atoms with Crippen molar-refractivity contribution in [3.8, 4) is 51.0 Å². The van der Waals surface area contributed by atoms with Gasteiger partial charge >= 0.3 is 0 Å². The minimum absolute atomic E-state index is 0.627. The van der Waals surface area contributed by atoms with Crippen LogP contribution in [0.15, 0.2) is 394 Å². The first-order valence-corrected chi connectivity index (χ1v) is 38.7. The van der Waals surface area contributed by atoms with Crippen LogP contribution in [0.25, 0.3) is 116 Å². The van der Waals surface area contributed by atoms with Gasteiger partial charge in [0.25, 0.3) is 0 Å². The fourth-order valence-electron chi connectivity index (χ4n) is 16.6. The number of rotatable bonds is 14. The molecule has 4 aromatic heterocycles. The normalized spacial score (nSPS) is 12.0. The molecule has 0 saturated carbocycles. The number of fused-ring (bicyclic) bond motifs is 9. The fourth-order valence-corrected chi connectivity index (χ4v) is 26.4. The average Bonchev–Trinajstić information content (AvgIpc) is 1.61. The molecule has 4 heterocycles. The zero-order valence-corrected chi connectivity index (χ0v) is 57.3. The van der Waals surface area contributed by atoms with Crippen molar-refractivity contribution in [2.45, 2.75) is 0 Å². The lowest BCUT2D eigenvalue weighted by molar-refractivity contribution is 1.13. The molecule has 7 heteroatoms. The zero-order valence-electron chi connectivity index (χ0n) is 55.3. The average molecular weight is 1320 g/mol. The van der Waals surface area contributed by atoms with Crippen LogP contribution in [0.2, 0.25) is 0 Å². The van der Waals surface area contributed by atoms with Crippen molar-refractivity contribution in [1.29, 1.82) is 0 Å². The largest absolute Gasteiger partial charge is 0.309 e. The van der Waals surface area contributed by atoms with Crippen LogP contribution in [-0.4, -0.2) is 39.8 Å². The van der Waals surface area contributed by atoms with Crippen LogP contribution < -0.4 is 41.5 Å². The highest BCUT2D eigenvalue weighted by atomic mass is 28.3. The minimum atomic E-state index is -3.31. The minimum Gasteiger partial charge on any atom is -0.309 e. The second-order valence-electron chi connectivity index (χ2n) is 26.4. The summed E-state index contributed by atoms with van der Waals surface area (Å²) in [7, 11) is -6.62. The molecular weight excluding hydrogens is 1260 g/mol. The van der Waals surface area contributed by atoms with Crippen LogP contribution in [0.1, 0.15) is 0 Å². The van der Waals surface area contributed by atoms with Gasteiger partial charge in [0.2, 0.25) is 0 Å². The van der Waals surface area contributed by atoms with Gasteiger partial charge in [-0.3, -0.25) is 0 Å². The topological polar surface area (TPSA) is 40.6 Å². The smallest absolute Gasteiger partial charge is 0.179 e. The predicted octanol–water partition coefficient (Wildman–Crippen LogP) is 17.5. The van der Waals surface area contributed by atoms with E-state index in [4.69, 9.17) is 9.97 Å². The summed E-state index contributed by atoms with van der Waals surface area (Å²) in [5.74, 6) is 0.627. The Hall–Kier alpha value is -12.8. The predicted molar refractivity (Wildman–Crippen MR) is 429 cm³/mol. The van der Waals surface area contributed by atoms with Crippen LogP contribution in [0, 0.1) is 0 Å². The van der Waals surface area contributed by atoms with Gasteiger partial charge in [-0.25, -0.2) is 9.97 Å². The number of aromatic nitrogens is 5. The van der Waals surface area contributed by atoms with Gasteiger partial charge in [0, 0.05) is 66.1 Å². The van der Waals surface area contributed by atoms with Crippen molar-refractivity contribution in [1.82, 2.24) is 23.7 Å². The Bertz CT molecular complexity index is 5680. The molecule has 474 valence electrons. The van der Waals surface area contributed by atoms with Crippen molar-refractivity contribution in [2.24, 2.45) is 0 Å². The third-order valence-electron chi connectivity index (χ3n) is 20.9. The molecule has 0 saturated heterocycles. The van der Waals surface area contributed by atoms with Crippen LogP contribution in [-0.2, 0) is 0 Å². The van der Waals surface area contributed by atoms with Crippen molar-refractivity contribution < 1.29 is 0 Å². The van der Waals surface area contributed by atoms with Crippen molar-refractivity contribution in [3.63, 3.8) is 0 Å². The lowest BCUT2D eigenvalue weighted by atomic mass is 10.0. The Morgan fingerprint density at radius 1 is 0.178 bits per heavy atom. The van der Waals surface area contributed by atoms with E-state index >= 15 is 0 Å². The second kappa shape index (κ2) is 24.6. The van der Waals surface area contributed by atoms with Crippen molar-refractivity contribution >= 4 is 123 Å². The molecule has 0 aliphatic carbocycles. The number of hydrogen-bond donors (Lipinski definition) is 0. The van der Waals surface area contributed by atoms with E-state index in [0.717, 1.165) is 78.2 Å². The van der Waals surface area contributed by atoms with E-state index in [1.54, 1.807) is 0 Å². The van der Waals surface area contributed by atoms with E-state index in [2.05, 4.69) is 408 Å². The molecule has 0 fully saturated rings. The molecule has 101 heavy (non-hydrogen) atoms. The van der Waals surface area contributed by atoms with Gasteiger partial charge in [-0.05, 0) is 114 Å². The molecule has 5 nitrogen and oxygen atoms in total. The van der Waals surface area contributed by atoms with E-state index in [1.165, 1.54) is 73.8 Å². The highest BCUT2D eigenvalue weighted by Gasteiger charge is 2.46. The Balaban J connectivity index is 0.943. The first kappa shape index (κ1) is 59.5. The van der Waals surface area contributed by atoms with Gasteiger partial charge in [0.15, 0.2) is 22.0 Å². The molecular formula is C94H65N5Si2. The summed E-state index contributed by atoms with van der Waals surface area (Å²) in [5.41, 5.74) is 14.4. The highest BCUT2D eigenvalue weighted by molar-refractivity contribution is 7.22. The molecule has 0 radical (unpaired) electrons. The molecule has 0 amide bonds. The monoisotopic (exact) mass is 1320 g/mol. The highest BCUT2D eigenvalue weighted by Crippen LogP contribution is 2.40. The van der Waals surface area contributed by atoms with Crippen LogP contribution in [0.5, 0.6) is 0 Å². The lowest BCUT2D eigenvalue weighted by Gasteiger charge is -2.38. The first-order chi connectivity index (χ1) is 50.1. The van der Waals surface area contributed by atoms with Gasteiger partial charge in [-0.2, -0.15) is 0 Å². The van der Waals surface area contributed by atoms with E-state index in [1.807, 2.05) is 0 Å². The summed E-state index contributed by atoms with van der Waals surface area (Å²) in [6.07, 6.45) is 0. The number of benzene rings is 15. The van der Waals surface area contributed by atoms with Gasteiger partial charge in [-0.1, -0.05) is 322 Å². The maximum Gasteiger partial charge on any atom is 0.179 e. The summed E-state index contributed by atoms with van der Waals surface area (Å²) >= 11 is 0. The van der Waals surface area contributed by atoms with Gasteiger partial charge in [0.1, 0.15) is 0 Å². The van der Waals surface area contributed by atoms with Crippen molar-refractivity contribution in [2.75, 3.05) is 0 Å². The SMILES string of the molecule is c1ccc([Si](c2ccccc2)(c2ccccc2)c2cc(-c3nc(-c4ccc(-n5c6ccccc6c6ccccc65)cc4)cc(-c4cc(-n5c6ccccc6c6ccccc65)cc(-n5c6ccccc6c6ccccc65)c4)n3)cc([Si](c3ccccc3)(c3ccccc3)c3ccccc3)c2)cc1. The quantitative estimate of drug-likeness (QED) is 0.0804. The number of nitrogens with zero attached hydrogens (tertiary/aromatic N) is 5. The van der Waals surface area contributed by atoms with E-state index < -0.39 is 16.1 Å². The van der Waals surface area contributed by atoms with Crippen LogP contribution in [0.3, 0.4) is 0 Å². The van der Waals surface area contributed by atoms with Gasteiger partial charge in [-0.15, -0.1) is 0 Å². The van der Waals surface area contributed by atoms with E-state index in [0.29, 0.717) is 5.82 Å². The molecule has 0 N–H and O–H groups in total. The molecule has 0 atom stereocenters. The van der Waals surface area contributed by atoms with Gasteiger partial charge < -0.3 is 13.7 Å². The first-order valence-electron chi connectivity index (χ1n) is 34.7. The van der Waals surface area contributed by atoms with Crippen LogP contribution >= 0.6 is 0 Å². The third kappa shape index (κ3) is 9.72. The Labute approximate surface area is 588 Å². The summed E-state index contributed by atoms with van der Waals surface area (Å²) in [5, 5.41) is 17.4. The zero-order chi connectivity index (χ0) is 66.9. The summed E-state index contributed by atoms with van der Waals surface area (Å²) in [4.78, 5) is 12.1. The Morgan fingerprint density at radius 2 is 0.436 bits per heavy atom.